The van der Waals surface area contributed by atoms with E-state index in [1.165, 1.54) is 0 Å². The third-order valence-electron chi connectivity index (χ3n) is 3.87. The number of nitrogens with zero attached hydrogens (tertiary/aromatic N) is 2. The van der Waals surface area contributed by atoms with Crippen LogP contribution in [0.25, 0.3) is 0 Å². The van der Waals surface area contributed by atoms with E-state index in [9.17, 15) is 4.79 Å². The summed E-state index contributed by atoms with van der Waals surface area (Å²) in [7, 11) is 0. The van der Waals surface area contributed by atoms with Crippen LogP contribution in [0.2, 0.25) is 5.02 Å². The number of pyridine rings is 1. The van der Waals surface area contributed by atoms with Gasteiger partial charge in [-0.1, -0.05) is 17.7 Å². The quantitative estimate of drug-likeness (QED) is 0.624. The number of rotatable bonds is 7. The number of hydrogen-bond donors (Lipinski definition) is 0. The summed E-state index contributed by atoms with van der Waals surface area (Å²) in [5.41, 5.74) is 1.84. The van der Waals surface area contributed by atoms with E-state index in [0.717, 1.165) is 11.1 Å². The highest BCUT2D eigenvalue weighted by Crippen LogP contribution is 2.21. The maximum Gasteiger partial charge on any atom is 0.261 e. The van der Waals surface area contributed by atoms with Gasteiger partial charge in [-0.05, 0) is 54.4 Å². The third kappa shape index (κ3) is 4.86. The Hall–Kier alpha value is -2.79. The Balaban J connectivity index is 1.68. The van der Waals surface area contributed by atoms with Gasteiger partial charge in [-0.2, -0.15) is 0 Å². The summed E-state index contributed by atoms with van der Waals surface area (Å²) in [5, 5.41) is 0.666. The lowest BCUT2D eigenvalue weighted by atomic mass is 10.2. The van der Waals surface area contributed by atoms with Gasteiger partial charge in [0.05, 0.1) is 12.8 Å². The Labute approximate surface area is 157 Å². The van der Waals surface area contributed by atoms with Crippen LogP contribution >= 0.6 is 11.6 Å². The van der Waals surface area contributed by atoms with Gasteiger partial charge in [-0.25, -0.2) is 0 Å². The molecule has 26 heavy (non-hydrogen) atoms. The summed E-state index contributed by atoms with van der Waals surface area (Å²) in [5.74, 6) is 1.18. The van der Waals surface area contributed by atoms with Crippen molar-refractivity contribution in [1.82, 2.24) is 9.88 Å². The Kier molecular flexibility index (Phi) is 5.92. The molecule has 0 aliphatic heterocycles. The predicted molar refractivity (Wildman–Crippen MR) is 98.9 cm³/mol. The number of carbonyl (C=O) groups excluding carboxylic acids is 1. The van der Waals surface area contributed by atoms with E-state index in [0.29, 0.717) is 29.6 Å². The lowest BCUT2D eigenvalue weighted by Gasteiger charge is -2.22. The lowest BCUT2D eigenvalue weighted by Crippen LogP contribution is -2.34. The first-order chi connectivity index (χ1) is 12.6. The molecule has 0 saturated carbocycles. The first kappa shape index (κ1) is 18.0. The van der Waals surface area contributed by atoms with Crippen molar-refractivity contribution in [1.29, 1.82) is 0 Å². The van der Waals surface area contributed by atoms with Gasteiger partial charge in [0.25, 0.3) is 5.91 Å². The molecule has 0 atom stereocenters. The zero-order chi connectivity index (χ0) is 18.4. The van der Waals surface area contributed by atoms with Crippen molar-refractivity contribution in [2.45, 2.75) is 20.0 Å². The van der Waals surface area contributed by atoms with Gasteiger partial charge >= 0.3 is 0 Å². The number of hydrogen-bond acceptors (Lipinski definition) is 4. The predicted octanol–water partition coefficient (Wildman–Crippen LogP) is 4.24. The van der Waals surface area contributed by atoms with Crippen LogP contribution in [-0.2, 0) is 17.9 Å². The van der Waals surface area contributed by atoms with E-state index in [2.05, 4.69) is 4.98 Å². The van der Waals surface area contributed by atoms with Crippen molar-refractivity contribution >= 4 is 17.5 Å². The van der Waals surface area contributed by atoms with Crippen LogP contribution in [0, 0.1) is 6.92 Å². The molecule has 5 nitrogen and oxygen atoms in total. The van der Waals surface area contributed by atoms with Crippen molar-refractivity contribution in [3.8, 4) is 5.75 Å². The molecule has 3 aromatic rings. The molecule has 0 spiro atoms. The molecule has 1 amide bonds. The molecule has 2 aromatic heterocycles. The lowest BCUT2D eigenvalue weighted by molar-refractivity contribution is -0.134. The van der Waals surface area contributed by atoms with Crippen LogP contribution in [0.1, 0.15) is 16.9 Å². The molecule has 0 unspecified atom stereocenters. The smallest absolute Gasteiger partial charge is 0.261 e. The highest BCUT2D eigenvalue weighted by Gasteiger charge is 2.17. The van der Waals surface area contributed by atoms with Crippen LogP contribution in [0.3, 0.4) is 0 Å². The van der Waals surface area contributed by atoms with E-state index in [1.54, 1.807) is 41.8 Å². The topological polar surface area (TPSA) is 55.6 Å². The van der Waals surface area contributed by atoms with Crippen LogP contribution in [0.15, 0.2) is 65.5 Å². The number of aryl methyl sites for hydroxylation is 1. The molecular weight excluding hydrogens is 352 g/mol. The fourth-order valence-electron chi connectivity index (χ4n) is 2.48. The summed E-state index contributed by atoms with van der Waals surface area (Å²) < 4.78 is 11.0. The summed E-state index contributed by atoms with van der Waals surface area (Å²) >= 11 is 6.02. The fourth-order valence-corrected chi connectivity index (χ4v) is 2.60. The Morgan fingerprint density at radius 2 is 2.12 bits per heavy atom. The van der Waals surface area contributed by atoms with Crippen molar-refractivity contribution in [3.05, 3.63) is 83.0 Å². The number of amides is 1. The Morgan fingerprint density at radius 3 is 2.81 bits per heavy atom. The molecule has 0 N–H and O–H groups in total. The van der Waals surface area contributed by atoms with Crippen LogP contribution < -0.4 is 4.74 Å². The van der Waals surface area contributed by atoms with E-state index in [-0.39, 0.29) is 12.5 Å². The number of ether oxygens (including phenoxy) is 1. The molecule has 0 aliphatic carbocycles. The minimum atomic E-state index is -0.141. The number of halogens is 1. The second-order valence-electron chi connectivity index (χ2n) is 5.89. The molecule has 6 heteroatoms. The SMILES string of the molecule is Cc1cc(OCC(=O)N(Cc2cccnc2)Cc2ccco2)ccc1Cl. The second kappa shape index (κ2) is 8.54. The summed E-state index contributed by atoms with van der Waals surface area (Å²) in [6, 6.07) is 12.7. The third-order valence-corrected chi connectivity index (χ3v) is 4.29. The molecule has 2 heterocycles. The molecule has 0 radical (unpaired) electrons. The Bertz CT molecular complexity index is 851. The zero-order valence-corrected chi connectivity index (χ0v) is 15.1. The van der Waals surface area contributed by atoms with Gasteiger partial charge in [-0.15, -0.1) is 0 Å². The minimum Gasteiger partial charge on any atom is -0.484 e. The summed E-state index contributed by atoms with van der Waals surface area (Å²) in [6.07, 6.45) is 5.04. The zero-order valence-electron chi connectivity index (χ0n) is 14.4. The maximum atomic E-state index is 12.7. The highest BCUT2D eigenvalue weighted by atomic mass is 35.5. The first-order valence-electron chi connectivity index (χ1n) is 8.20. The molecule has 134 valence electrons. The van der Waals surface area contributed by atoms with Gasteiger partial charge in [0.15, 0.2) is 6.61 Å². The molecule has 0 aliphatic rings. The van der Waals surface area contributed by atoms with Crippen molar-refractivity contribution in [3.63, 3.8) is 0 Å². The average molecular weight is 371 g/mol. The van der Waals surface area contributed by atoms with E-state index < -0.39 is 0 Å². The molecule has 0 fully saturated rings. The van der Waals surface area contributed by atoms with Gasteiger partial charge < -0.3 is 14.1 Å². The first-order valence-corrected chi connectivity index (χ1v) is 8.57. The molecule has 0 saturated heterocycles. The Morgan fingerprint density at radius 1 is 1.23 bits per heavy atom. The minimum absolute atomic E-state index is 0.0674. The molecule has 1 aromatic carbocycles. The number of carbonyl (C=O) groups is 1. The maximum absolute atomic E-state index is 12.7. The largest absolute Gasteiger partial charge is 0.484 e. The van der Waals surface area contributed by atoms with Gasteiger partial charge in [0.2, 0.25) is 0 Å². The molecular formula is C20H19ClN2O3. The number of furan rings is 1. The normalized spacial score (nSPS) is 10.5. The van der Waals surface area contributed by atoms with Crippen molar-refractivity contribution in [2.75, 3.05) is 6.61 Å². The van der Waals surface area contributed by atoms with E-state index in [1.807, 2.05) is 31.2 Å². The van der Waals surface area contributed by atoms with Gasteiger partial charge in [-0.3, -0.25) is 9.78 Å². The standard InChI is InChI=1S/C20H19ClN2O3/c1-15-10-17(6-7-19(15)21)26-14-20(24)23(13-18-5-3-9-25-18)12-16-4-2-8-22-11-16/h2-11H,12-14H2,1H3. The average Bonchev–Trinajstić information content (AvgIpc) is 3.16. The molecule has 0 bridgehead atoms. The monoisotopic (exact) mass is 370 g/mol. The number of aromatic nitrogens is 1. The van der Waals surface area contributed by atoms with Crippen molar-refractivity contribution in [2.24, 2.45) is 0 Å². The van der Waals surface area contributed by atoms with E-state index in [4.69, 9.17) is 20.8 Å². The fraction of sp³-hybridized carbons (Fsp3) is 0.200. The van der Waals surface area contributed by atoms with Gasteiger partial charge in [0.1, 0.15) is 11.5 Å². The summed E-state index contributed by atoms with van der Waals surface area (Å²) in [4.78, 5) is 18.5. The van der Waals surface area contributed by atoms with Crippen LogP contribution in [-0.4, -0.2) is 22.4 Å². The summed E-state index contributed by atoms with van der Waals surface area (Å²) in [6.45, 7) is 2.62. The van der Waals surface area contributed by atoms with Crippen LogP contribution in [0.5, 0.6) is 5.75 Å². The second-order valence-corrected chi connectivity index (χ2v) is 6.30. The number of benzene rings is 1. The van der Waals surface area contributed by atoms with Crippen molar-refractivity contribution < 1.29 is 13.9 Å². The highest BCUT2D eigenvalue weighted by molar-refractivity contribution is 6.31. The van der Waals surface area contributed by atoms with E-state index >= 15 is 0 Å². The van der Waals surface area contributed by atoms with Crippen LogP contribution in [0.4, 0.5) is 0 Å². The van der Waals surface area contributed by atoms with Gasteiger partial charge in [0, 0.05) is 24.0 Å². The molecule has 3 rings (SSSR count).